The van der Waals surface area contributed by atoms with Crippen molar-refractivity contribution in [2.45, 2.75) is 31.8 Å². The van der Waals surface area contributed by atoms with E-state index in [0.717, 1.165) is 17.7 Å². The van der Waals surface area contributed by atoms with Crippen LogP contribution < -0.4 is 5.73 Å². The van der Waals surface area contributed by atoms with Crippen molar-refractivity contribution in [1.29, 1.82) is 0 Å². The summed E-state index contributed by atoms with van der Waals surface area (Å²) in [5, 5.41) is 9.79. The molecule has 0 unspecified atom stereocenters. The normalized spacial score (nSPS) is 24.4. The van der Waals surface area contributed by atoms with E-state index in [1.54, 1.807) is 0 Å². The van der Waals surface area contributed by atoms with E-state index in [4.69, 9.17) is 5.73 Å². The van der Waals surface area contributed by atoms with Gasteiger partial charge in [-0.15, -0.1) is 0 Å². The second kappa shape index (κ2) is 2.48. The Morgan fingerprint density at radius 3 is 2.85 bits per heavy atom. The van der Waals surface area contributed by atoms with Crippen LogP contribution >= 0.6 is 0 Å². The number of hydrogen-bond acceptors (Lipinski definition) is 2. The summed E-state index contributed by atoms with van der Waals surface area (Å²) in [5.41, 5.74) is 8.72. The SMILES string of the molecule is CC1(C)C[C@@H](O)c2cc(N)ccc21. The predicted molar refractivity (Wildman–Crippen MR) is 53.5 cm³/mol. The molecule has 2 heteroatoms. The van der Waals surface area contributed by atoms with Gasteiger partial charge in [0.15, 0.2) is 0 Å². The fourth-order valence-electron chi connectivity index (χ4n) is 2.18. The van der Waals surface area contributed by atoms with Crippen molar-refractivity contribution in [1.82, 2.24) is 0 Å². The van der Waals surface area contributed by atoms with Gasteiger partial charge in [-0.2, -0.15) is 0 Å². The first-order valence-electron chi connectivity index (χ1n) is 4.59. The van der Waals surface area contributed by atoms with Crippen LogP contribution in [0.4, 0.5) is 5.69 Å². The van der Waals surface area contributed by atoms with Crippen LogP contribution in [0, 0.1) is 0 Å². The van der Waals surface area contributed by atoms with Crippen molar-refractivity contribution >= 4 is 5.69 Å². The van der Waals surface area contributed by atoms with E-state index in [1.807, 2.05) is 18.2 Å². The molecule has 70 valence electrons. The minimum absolute atomic E-state index is 0.0858. The number of aliphatic hydroxyl groups is 1. The molecule has 0 aliphatic heterocycles. The second-order valence-electron chi connectivity index (χ2n) is 4.45. The van der Waals surface area contributed by atoms with Crippen molar-refractivity contribution in [2.24, 2.45) is 0 Å². The molecule has 2 rings (SSSR count). The lowest BCUT2D eigenvalue weighted by Crippen LogP contribution is -2.12. The molecule has 0 aromatic heterocycles. The molecule has 1 aliphatic rings. The average Bonchev–Trinajstić information content (AvgIpc) is 2.22. The van der Waals surface area contributed by atoms with Crippen LogP contribution in [0.3, 0.4) is 0 Å². The minimum Gasteiger partial charge on any atom is -0.399 e. The second-order valence-corrected chi connectivity index (χ2v) is 4.45. The van der Waals surface area contributed by atoms with Crippen molar-refractivity contribution < 1.29 is 5.11 Å². The van der Waals surface area contributed by atoms with Crippen LogP contribution in [-0.4, -0.2) is 5.11 Å². The summed E-state index contributed by atoms with van der Waals surface area (Å²) in [6.07, 6.45) is 0.458. The minimum atomic E-state index is -0.339. The zero-order valence-electron chi connectivity index (χ0n) is 8.04. The number of benzene rings is 1. The Balaban J connectivity index is 2.59. The van der Waals surface area contributed by atoms with Crippen LogP contribution in [0.2, 0.25) is 0 Å². The fraction of sp³-hybridized carbons (Fsp3) is 0.455. The van der Waals surface area contributed by atoms with Gasteiger partial charge in [0, 0.05) is 5.69 Å². The molecular weight excluding hydrogens is 162 g/mol. The number of hydrogen-bond donors (Lipinski definition) is 2. The monoisotopic (exact) mass is 177 g/mol. The number of aliphatic hydroxyl groups excluding tert-OH is 1. The summed E-state index contributed by atoms with van der Waals surface area (Å²) in [6.45, 7) is 4.30. The van der Waals surface area contributed by atoms with Gasteiger partial charge >= 0.3 is 0 Å². The smallest absolute Gasteiger partial charge is 0.0802 e. The van der Waals surface area contributed by atoms with Gasteiger partial charge < -0.3 is 10.8 Å². The Bertz CT molecular complexity index is 344. The largest absolute Gasteiger partial charge is 0.399 e. The Morgan fingerprint density at radius 2 is 2.15 bits per heavy atom. The summed E-state index contributed by atoms with van der Waals surface area (Å²) < 4.78 is 0. The van der Waals surface area contributed by atoms with E-state index in [-0.39, 0.29) is 11.5 Å². The molecule has 1 aromatic rings. The van der Waals surface area contributed by atoms with Gasteiger partial charge in [0.1, 0.15) is 0 Å². The van der Waals surface area contributed by atoms with E-state index < -0.39 is 0 Å². The van der Waals surface area contributed by atoms with Crippen molar-refractivity contribution in [3.8, 4) is 0 Å². The van der Waals surface area contributed by atoms with E-state index in [1.165, 1.54) is 5.56 Å². The summed E-state index contributed by atoms with van der Waals surface area (Å²) in [7, 11) is 0. The first-order valence-corrected chi connectivity index (χ1v) is 4.59. The zero-order chi connectivity index (χ0) is 9.64. The Hall–Kier alpha value is -1.02. The average molecular weight is 177 g/mol. The van der Waals surface area contributed by atoms with Crippen molar-refractivity contribution in [2.75, 3.05) is 5.73 Å². The molecule has 0 amide bonds. The Kier molecular flexibility index (Phi) is 1.64. The number of anilines is 1. The lowest BCUT2D eigenvalue weighted by Gasteiger charge is -2.18. The number of rotatable bonds is 0. The highest BCUT2D eigenvalue weighted by atomic mass is 16.3. The van der Waals surface area contributed by atoms with Crippen LogP contribution in [0.1, 0.15) is 37.5 Å². The molecule has 0 spiro atoms. The van der Waals surface area contributed by atoms with Gasteiger partial charge in [-0.25, -0.2) is 0 Å². The van der Waals surface area contributed by atoms with Gasteiger partial charge in [0.05, 0.1) is 6.10 Å². The Labute approximate surface area is 78.4 Å². The summed E-state index contributed by atoms with van der Waals surface area (Å²) in [4.78, 5) is 0. The molecule has 1 aliphatic carbocycles. The first kappa shape index (κ1) is 8.57. The molecule has 0 saturated heterocycles. The zero-order valence-corrected chi connectivity index (χ0v) is 8.04. The molecule has 0 bridgehead atoms. The van der Waals surface area contributed by atoms with Gasteiger partial charge in [-0.3, -0.25) is 0 Å². The lowest BCUT2D eigenvalue weighted by atomic mass is 9.86. The van der Waals surface area contributed by atoms with Crippen molar-refractivity contribution in [3.63, 3.8) is 0 Å². The van der Waals surface area contributed by atoms with Crippen LogP contribution in [0.25, 0.3) is 0 Å². The van der Waals surface area contributed by atoms with E-state index in [2.05, 4.69) is 13.8 Å². The molecular formula is C11H15NO. The quantitative estimate of drug-likeness (QED) is 0.595. The number of fused-ring (bicyclic) bond motifs is 1. The molecule has 0 saturated carbocycles. The maximum atomic E-state index is 9.79. The molecule has 2 nitrogen and oxygen atoms in total. The van der Waals surface area contributed by atoms with Crippen molar-refractivity contribution in [3.05, 3.63) is 29.3 Å². The van der Waals surface area contributed by atoms with E-state index in [0.29, 0.717) is 0 Å². The third-order valence-corrected chi connectivity index (χ3v) is 2.87. The van der Waals surface area contributed by atoms with Gasteiger partial charge in [-0.05, 0) is 35.1 Å². The summed E-state index contributed by atoms with van der Waals surface area (Å²) in [6, 6.07) is 5.81. The number of nitrogens with two attached hydrogens (primary N) is 1. The van der Waals surface area contributed by atoms with Gasteiger partial charge in [0.25, 0.3) is 0 Å². The molecule has 13 heavy (non-hydrogen) atoms. The highest BCUT2D eigenvalue weighted by molar-refractivity contribution is 5.50. The first-order chi connectivity index (χ1) is 6.00. The molecule has 0 radical (unpaired) electrons. The molecule has 1 aromatic carbocycles. The van der Waals surface area contributed by atoms with Gasteiger partial charge in [0.2, 0.25) is 0 Å². The van der Waals surface area contributed by atoms with E-state index in [9.17, 15) is 5.11 Å². The standard InChI is InChI=1S/C11H15NO/c1-11(2)6-10(13)8-5-7(12)3-4-9(8)11/h3-5,10,13H,6,12H2,1-2H3/t10-/m1/s1. The molecule has 1 atom stereocenters. The molecule has 0 fully saturated rings. The molecule has 0 heterocycles. The maximum absolute atomic E-state index is 9.79. The third-order valence-electron chi connectivity index (χ3n) is 2.87. The Morgan fingerprint density at radius 1 is 1.46 bits per heavy atom. The number of nitrogen functional groups attached to an aromatic ring is 1. The fourth-order valence-corrected chi connectivity index (χ4v) is 2.18. The van der Waals surface area contributed by atoms with Crippen LogP contribution in [0.15, 0.2) is 18.2 Å². The van der Waals surface area contributed by atoms with Crippen LogP contribution in [-0.2, 0) is 5.41 Å². The van der Waals surface area contributed by atoms with Crippen LogP contribution in [0.5, 0.6) is 0 Å². The topological polar surface area (TPSA) is 46.2 Å². The lowest BCUT2D eigenvalue weighted by molar-refractivity contribution is 0.161. The predicted octanol–water partition coefficient (Wildman–Crippen LogP) is 1.98. The third kappa shape index (κ3) is 1.22. The van der Waals surface area contributed by atoms with E-state index >= 15 is 0 Å². The summed E-state index contributed by atoms with van der Waals surface area (Å²) in [5.74, 6) is 0. The maximum Gasteiger partial charge on any atom is 0.0802 e. The highest BCUT2D eigenvalue weighted by Gasteiger charge is 2.35. The summed E-state index contributed by atoms with van der Waals surface area (Å²) >= 11 is 0. The van der Waals surface area contributed by atoms with Gasteiger partial charge in [-0.1, -0.05) is 19.9 Å². The highest BCUT2D eigenvalue weighted by Crippen LogP contribution is 2.44. The molecule has 3 N–H and O–H groups in total.